The van der Waals surface area contributed by atoms with Crippen LogP contribution in [0.2, 0.25) is 0 Å². The highest BCUT2D eigenvalue weighted by Crippen LogP contribution is 2.11. The minimum Gasteiger partial charge on any atom is -0.408 e. The number of nitrogens with zero attached hydrogens (tertiary/aromatic N) is 1. The maximum atomic E-state index is 11.8. The van der Waals surface area contributed by atoms with E-state index in [-0.39, 0.29) is 18.4 Å². The van der Waals surface area contributed by atoms with Crippen molar-refractivity contribution in [1.29, 1.82) is 0 Å². The van der Waals surface area contributed by atoms with E-state index in [0.717, 1.165) is 0 Å². The Morgan fingerprint density at radius 3 is 2.95 bits per heavy atom. The SMILES string of the molecule is COC[C@@H](C)NC(=O)CCn1c(=O)oc2ccccc21. The Bertz CT molecular complexity index is 644. The van der Waals surface area contributed by atoms with E-state index in [0.29, 0.717) is 24.3 Å². The molecule has 0 unspecified atom stereocenters. The summed E-state index contributed by atoms with van der Waals surface area (Å²) in [6.45, 7) is 2.61. The number of carbonyl (C=O) groups excluding carboxylic acids is 1. The van der Waals surface area contributed by atoms with Gasteiger partial charge >= 0.3 is 5.76 Å². The van der Waals surface area contributed by atoms with E-state index < -0.39 is 5.76 Å². The molecule has 6 heteroatoms. The van der Waals surface area contributed by atoms with E-state index in [9.17, 15) is 9.59 Å². The van der Waals surface area contributed by atoms with Crippen molar-refractivity contribution >= 4 is 17.0 Å². The molecule has 0 aliphatic carbocycles. The van der Waals surface area contributed by atoms with Crippen LogP contribution in [0, 0.1) is 0 Å². The zero-order chi connectivity index (χ0) is 14.5. The van der Waals surface area contributed by atoms with E-state index in [1.54, 1.807) is 25.3 Å². The number of fused-ring (bicyclic) bond motifs is 1. The normalized spacial score (nSPS) is 12.5. The van der Waals surface area contributed by atoms with Crippen molar-refractivity contribution in [2.45, 2.75) is 25.9 Å². The summed E-state index contributed by atoms with van der Waals surface area (Å²) in [7, 11) is 1.58. The summed E-state index contributed by atoms with van der Waals surface area (Å²) in [5.41, 5.74) is 1.24. The molecule has 1 amide bonds. The Kier molecular flexibility index (Phi) is 4.57. The molecule has 0 fully saturated rings. The molecular formula is C14H18N2O4. The average Bonchev–Trinajstić information content (AvgIpc) is 2.72. The molecule has 20 heavy (non-hydrogen) atoms. The van der Waals surface area contributed by atoms with Crippen molar-refractivity contribution in [3.8, 4) is 0 Å². The van der Waals surface area contributed by atoms with Crippen LogP contribution in [0.15, 0.2) is 33.5 Å². The van der Waals surface area contributed by atoms with E-state index in [1.165, 1.54) is 4.57 Å². The van der Waals surface area contributed by atoms with Gasteiger partial charge in [-0.05, 0) is 19.1 Å². The van der Waals surface area contributed by atoms with Crippen molar-refractivity contribution < 1.29 is 13.9 Å². The summed E-state index contributed by atoms with van der Waals surface area (Å²) in [5, 5.41) is 2.80. The van der Waals surface area contributed by atoms with Crippen LogP contribution in [0.1, 0.15) is 13.3 Å². The zero-order valence-electron chi connectivity index (χ0n) is 11.6. The number of ether oxygens (including phenoxy) is 1. The largest absolute Gasteiger partial charge is 0.419 e. The number of carbonyl (C=O) groups is 1. The molecule has 1 N–H and O–H groups in total. The number of benzene rings is 1. The van der Waals surface area contributed by atoms with E-state index in [1.807, 2.05) is 13.0 Å². The third-order valence-corrected chi connectivity index (χ3v) is 2.96. The minimum absolute atomic E-state index is 0.0506. The molecule has 2 aromatic rings. The number of para-hydroxylation sites is 2. The van der Waals surface area contributed by atoms with Crippen LogP contribution in [-0.2, 0) is 16.1 Å². The number of oxazole rings is 1. The van der Waals surface area contributed by atoms with Gasteiger partial charge in [-0.3, -0.25) is 9.36 Å². The Morgan fingerprint density at radius 1 is 1.45 bits per heavy atom. The molecule has 1 heterocycles. The molecule has 6 nitrogen and oxygen atoms in total. The third-order valence-electron chi connectivity index (χ3n) is 2.96. The lowest BCUT2D eigenvalue weighted by Crippen LogP contribution is -2.36. The van der Waals surface area contributed by atoms with Gasteiger partial charge in [0.15, 0.2) is 5.58 Å². The second-order valence-corrected chi connectivity index (χ2v) is 4.66. The van der Waals surface area contributed by atoms with E-state index in [4.69, 9.17) is 9.15 Å². The summed E-state index contributed by atoms with van der Waals surface area (Å²) in [6.07, 6.45) is 0.220. The number of aryl methyl sites for hydroxylation is 1. The topological polar surface area (TPSA) is 73.5 Å². The molecule has 0 aliphatic heterocycles. The van der Waals surface area contributed by atoms with Crippen LogP contribution in [0.3, 0.4) is 0 Å². The number of hydrogen-bond donors (Lipinski definition) is 1. The van der Waals surface area contributed by atoms with E-state index in [2.05, 4.69) is 5.32 Å². The molecule has 108 valence electrons. The lowest BCUT2D eigenvalue weighted by molar-refractivity contribution is -0.122. The van der Waals surface area contributed by atoms with Gasteiger partial charge in [-0.25, -0.2) is 4.79 Å². The van der Waals surface area contributed by atoms with Gasteiger partial charge in [0, 0.05) is 26.1 Å². The fourth-order valence-electron chi connectivity index (χ4n) is 2.08. The van der Waals surface area contributed by atoms with Crippen LogP contribution >= 0.6 is 0 Å². The average molecular weight is 278 g/mol. The summed E-state index contributed by atoms with van der Waals surface area (Å²) in [6, 6.07) is 7.11. The van der Waals surface area contributed by atoms with Crippen molar-refractivity contribution in [2.75, 3.05) is 13.7 Å². The standard InChI is InChI=1S/C14H18N2O4/c1-10(9-19-2)15-13(17)7-8-16-11-5-3-4-6-12(11)20-14(16)18/h3-6,10H,7-9H2,1-2H3,(H,15,17)/t10-/m1/s1. The Labute approximate surface area is 116 Å². The Morgan fingerprint density at radius 2 is 2.20 bits per heavy atom. The van der Waals surface area contributed by atoms with Gasteiger partial charge in [0.25, 0.3) is 0 Å². The molecule has 0 radical (unpaired) electrons. The maximum Gasteiger partial charge on any atom is 0.419 e. The molecule has 2 rings (SSSR count). The first-order valence-corrected chi connectivity index (χ1v) is 6.48. The number of rotatable bonds is 6. The first kappa shape index (κ1) is 14.3. The van der Waals surface area contributed by atoms with Crippen molar-refractivity contribution in [2.24, 2.45) is 0 Å². The first-order valence-electron chi connectivity index (χ1n) is 6.48. The van der Waals surface area contributed by atoms with Crippen LogP contribution in [-0.4, -0.2) is 30.2 Å². The molecule has 0 bridgehead atoms. The lowest BCUT2D eigenvalue weighted by atomic mass is 10.3. The highest BCUT2D eigenvalue weighted by atomic mass is 16.5. The number of hydrogen-bond acceptors (Lipinski definition) is 4. The van der Waals surface area contributed by atoms with Crippen LogP contribution in [0.4, 0.5) is 0 Å². The fraction of sp³-hybridized carbons (Fsp3) is 0.429. The predicted octanol–water partition coefficient (Wildman–Crippen LogP) is 1.14. The van der Waals surface area contributed by atoms with Gasteiger partial charge in [0.1, 0.15) is 0 Å². The maximum absolute atomic E-state index is 11.8. The summed E-state index contributed by atoms with van der Waals surface area (Å²) in [4.78, 5) is 23.5. The number of amides is 1. The molecule has 0 aliphatic rings. The quantitative estimate of drug-likeness (QED) is 0.859. The van der Waals surface area contributed by atoms with Crippen molar-refractivity contribution in [1.82, 2.24) is 9.88 Å². The summed E-state index contributed by atoms with van der Waals surface area (Å²) < 4.78 is 11.5. The molecule has 1 aromatic heterocycles. The van der Waals surface area contributed by atoms with Crippen molar-refractivity contribution in [3.05, 3.63) is 34.8 Å². The minimum atomic E-state index is -0.441. The second kappa shape index (κ2) is 6.38. The highest BCUT2D eigenvalue weighted by molar-refractivity contribution is 5.77. The first-order chi connectivity index (χ1) is 9.61. The third kappa shape index (κ3) is 3.27. The van der Waals surface area contributed by atoms with Gasteiger partial charge < -0.3 is 14.5 Å². The predicted molar refractivity (Wildman–Crippen MR) is 74.6 cm³/mol. The van der Waals surface area contributed by atoms with Gasteiger partial charge in [-0.15, -0.1) is 0 Å². The summed E-state index contributed by atoms with van der Waals surface area (Å²) >= 11 is 0. The molecule has 0 spiro atoms. The zero-order valence-corrected chi connectivity index (χ0v) is 11.6. The van der Waals surface area contributed by atoms with Gasteiger partial charge in [0.05, 0.1) is 12.1 Å². The highest BCUT2D eigenvalue weighted by Gasteiger charge is 2.11. The number of aromatic nitrogens is 1. The monoisotopic (exact) mass is 278 g/mol. The molecule has 1 aromatic carbocycles. The van der Waals surface area contributed by atoms with Gasteiger partial charge in [-0.1, -0.05) is 12.1 Å². The van der Waals surface area contributed by atoms with Crippen LogP contribution in [0.5, 0.6) is 0 Å². The fourth-order valence-corrected chi connectivity index (χ4v) is 2.08. The smallest absolute Gasteiger partial charge is 0.408 e. The lowest BCUT2D eigenvalue weighted by Gasteiger charge is -2.12. The van der Waals surface area contributed by atoms with Crippen LogP contribution < -0.4 is 11.1 Å². The molecule has 0 saturated heterocycles. The number of nitrogens with one attached hydrogen (secondary N) is 1. The van der Waals surface area contributed by atoms with E-state index >= 15 is 0 Å². The molecular weight excluding hydrogens is 260 g/mol. The number of methoxy groups -OCH3 is 1. The van der Waals surface area contributed by atoms with Gasteiger partial charge in [0.2, 0.25) is 5.91 Å². The second-order valence-electron chi connectivity index (χ2n) is 4.66. The van der Waals surface area contributed by atoms with Crippen LogP contribution in [0.25, 0.3) is 11.1 Å². The Hall–Kier alpha value is -2.08. The van der Waals surface area contributed by atoms with Crippen molar-refractivity contribution in [3.63, 3.8) is 0 Å². The molecule has 0 saturated carbocycles. The molecule has 1 atom stereocenters. The Balaban J connectivity index is 2.01. The summed E-state index contributed by atoms with van der Waals surface area (Å²) in [5.74, 6) is -0.560. The van der Waals surface area contributed by atoms with Gasteiger partial charge in [-0.2, -0.15) is 0 Å².